The number of fused-ring (bicyclic) bond motifs is 1. The number of aromatic hydroxyl groups is 1. The predicted molar refractivity (Wildman–Crippen MR) is 129 cm³/mol. The van der Waals surface area contributed by atoms with Gasteiger partial charge in [-0.2, -0.15) is 0 Å². The molecule has 2 aliphatic heterocycles. The largest absolute Gasteiger partial charge is 0.494 e. The highest BCUT2D eigenvalue weighted by molar-refractivity contribution is 6.15. The summed E-state index contributed by atoms with van der Waals surface area (Å²) in [6, 6.07) is 14.0. The first-order valence-electron chi connectivity index (χ1n) is 11.6. The van der Waals surface area contributed by atoms with Crippen molar-refractivity contribution in [1.29, 1.82) is 0 Å². The van der Waals surface area contributed by atoms with E-state index in [1.54, 1.807) is 11.0 Å². The summed E-state index contributed by atoms with van der Waals surface area (Å²) in [6.45, 7) is 2.17. The maximum atomic E-state index is 12.8. The number of rotatable bonds is 5. The molecule has 2 aromatic carbocycles. The van der Waals surface area contributed by atoms with E-state index in [4.69, 9.17) is 9.47 Å². The molecule has 0 bridgehead atoms. The zero-order valence-electron chi connectivity index (χ0n) is 19.1. The van der Waals surface area contributed by atoms with Crippen molar-refractivity contribution in [3.05, 3.63) is 69.8 Å². The van der Waals surface area contributed by atoms with E-state index in [0.29, 0.717) is 48.5 Å². The lowest BCUT2D eigenvalue weighted by atomic mass is 10.1. The molecule has 1 fully saturated rings. The van der Waals surface area contributed by atoms with Gasteiger partial charge in [0.2, 0.25) is 5.88 Å². The first-order chi connectivity index (χ1) is 17.0. The number of nitro groups is 1. The molecule has 1 saturated heterocycles. The number of nitrogens with zero attached hydrogens (tertiary/aromatic N) is 4. The Morgan fingerprint density at radius 1 is 1.20 bits per heavy atom. The fourth-order valence-electron chi connectivity index (χ4n) is 4.74. The maximum absolute atomic E-state index is 12.8. The molecule has 0 saturated carbocycles. The summed E-state index contributed by atoms with van der Waals surface area (Å²) < 4.78 is 12.8. The molecule has 1 N–H and O–H groups in total. The number of hydrogen-bond acceptors (Lipinski definition) is 7. The average molecular weight is 479 g/mol. The smallest absolute Gasteiger partial charge is 0.410 e. The van der Waals surface area contributed by atoms with E-state index in [-0.39, 0.29) is 30.8 Å². The number of ether oxygens (including phenoxy) is 2. The number of nitro benzene ring substituents is 1. The van der Waals surface area contributed by atoms with E-state index in [2.05, 4.69) is 4.99 Å². The predicted octanol–water partition coefficient (Wildman–Crippen LogP) is 4.05. The molecule has 3 aromatic rings. The molecule has 10 heteroatoms. The fraction of sp³-hybridized carbons (Fsp3) is 0.360. The zero-order valence-corrected chi connectivity index (χ0v) is 19.1. The molecule has 0 atom stereocenters. The summed E-state index contributed by atoms with van der Waals surface area (Å²) in [5.74, 6) is 0.00523. The van der Waals surface area contributed by atoms with E-state index < -0.39 is 11.0 Å². The first-order valence-corrected chi connectivity index (χ1v) is 11.6. The third-order valence-electron chi connectivity index (χ3n) is 6.49. The summed E-state index contributed by atoms with van der Waals surface area (Å²) in [6.07, 6.45) is 0.969. The molecule has 35 heavy (non-hydrogen) atoms. The number of amides is 1. The molecule has 10 nitrogen and oxygen atoms in total. The molecule has 0 aliphatic carbocycles. The van der Waals surface area contributed by atoms with Gasteiger partial charge in [-0.05, 0) is 24.5 Å². The average Bonchev–Trinajstić information content (AvgIpc) is 3.19. The molecule has 0 unspecified atom stereocenters. The van der Waals surface area contributed by atoms with Crippen LogP contribution in [0.1, 0.15) is 30.0 Å². The Bertz CT molecular complexity index is 1280. The van der Waals surface area contributed by atoms with Crippen LogP contribution in [0.2, 0.25) is 0 Å². The lowest BCUT2D eigenvalue weighted by Gasteiger charge is -2.27. The molecule has 0 radical (unpaired) electrons. The van der Waals surface area contributed by atoms with E-state index in [9.17, 15) is 20.0 Å². The number of aliphatic imine (C=N–C) groups is 1. The zero-order chi connectivity index (χ0) is 24.4. The third-order valence-corrected chi connectivity index (χ3v) is 6.49. The second-order valence-electron chi connectivity index (χ2n) is 8.66. The highest BCUT2D eigenvalue weighted by Crippen LogP contribution is 2.39. The molecule has 0 spiro atoms. The number of carbonyl (C=O) groups is 1. The quantitative estimate of drug-likeness (QED) is 0.436. The van der Waals surface area contributed by atoms with E-state index in [1.165, 1.54) is 12.1 Å². The Kier molecular flexibility index (Phi) is 6.37. The minimum Gasteiger partial charge on any atom is -0.494 e. The summed E-state index contributed by atoms with van der Waals surface area (Å²) in [7, 11) is 0. The minimum atomic E-state index is -0.472. The van der Waals surface area contributed by atoms with Gasteiger partial charge in [-0.15, -0.1) is 0 Å². The Morgan fingerprint density at radius 2 is 1.97 bits per heavy atom. The topological polar surface area (TPSA) is 119 Å². The van der Waals surface area contributed by atoms with Crippen LogP contribution in [0.5, 0.6) is 5.88 Å². The van der Waals surface area contributed by atoms with Crippen LogP contribution in [0.3, 0.4) is 0 Å². The number of benzene rings is 2. The summed E-state index contributed by atoms with van der Waals surface area (Å²) in [5.41, 5.74) is 2.44. The van der Waals surface area contributed by atoms with Gasteiger partial charge in [-0.1, -0.05) is 30.3 Å². The molecule has 1 amide bonds. The summed E-state index contributed by atoms with van der Waals surface area (Å²) in [4.78, 5) is 29.9. The van der Waals surface area contributed by atoms with Gasteiger partial charge in [0.15, 0.2) is 0 Å². The first kappa shape index (κ1) is 22.9. The number of hydrogen-bond donors (Lipinski definition) is 1. The van der Waals surface area contributed by atoms with Crippen LogP contribution in [0, 0.1) is 10.1 Å². The SMILES string of the molecule is O=C(OCc1ccccc1)N1CCN=C(c2c(O)n(C3CCOCC3)c3ccc([N+](=O)[O-])cc23)C1. The van der Waals surface area contributed by atoms with Gasteiger partial charge in [0.1, 0.15) is 6.61 Å². The Balaban J connectivity index is 1.46. The van der Waals surface area contributed by atoms with Crippen LogP contribution in [0.25, 0.3) is 10.9 Å². The van der Waals surface area contributed by atoms with Gasteiger partial charge in [-0.25, -0.2) is 4.79 Å². The van der Waals surface area contributed by atoms with Gasteiger partial charge >= 0.3 is 6.09 Å². The van der Waals surface area contributed by atoms with Crippen LogP contribution in [0.4, 0.5) is 10.5 Å². The molecule has 1 aromatic heterocycles. The summed E-state index contributed by atoms with van der Waals surface area (Å²) in [5, 5.41) is 23.4. The van der Waals surface area contributed by atoms with Crippen molar-refractivity contribution < 1.29 is 24.3 Å². The monoisotopic (exact) mass is 478 g/mol. The number of carbonyl (C=O) groups excluding carboxylic acids is 1. The highest BCUT2D eigenvalue weighted by atomic mass is 16.6. The molecule has 5 rings (SSSR count). The van der Waals surface area contributed by atoms with Crippen molar-refractivity contribution in [2.75, 3.05) is 32.8 Å². The Labute approximate surface area is 201 Å². The molecule has 3 heterocycles. The van der Waals surface area contributed by atoms with E-state index in [0.717, 1.165) is 18.4 Å². The van der Waals surface area contributed by atoms with Gasteiger partial charge in [0.25, 0.3) is 5.69 Å². The fourth-order valence-corrected chi connectivity index (χ4v) is 4.74. The van der Waals surface area contributed by atoms with Crippen molar-refractivity contribution in [2.45, 2.75) is 25.5 Å². The van der Waals surface area contributed by atoms with Crippen LogP contribution in [-0.2, 0) is 16.1 Å². The van der Waals surface area contributed by atoms with Crippen molar-refractivity contribution in [3.63, 3.8) is 0 Å². The van der Waals surface area contributed by atoms with Crippen LogP contribution in [0.15, 0.2) is 53.5 Å². The number of aromatic nitrogens is 1. The van der Waals surface area contributed by atoms with Gasteiger partial charge in [-0.3, -0.25) is 15.1 Å². The van der Waals surface area contributed by atoms with E-state index >= 15 is 0 Å². The molecule has 2 aliphatic rings. The van der Waals surface area contributed by atoms with Gasteiger partial charge in [0.05, 0.1) is 34.8 Å². The standard InChI is InChI=1S/C25H26N4O6/c30-24-23(21-15-27(11-10-26-21)25(31)35-16-17-4-2-1-3-5-17)20-14-19(29(32)33)6-7-22(20)28(24)18-8-12-34-13-9-18/h1-7,14,18,30H,8-13,15-16H2. The van der Waals surface area contributed by atoms with Crippen LogP contribution in [-0.4, -0.2) is 64.1 Å². The Hall–Kier alpha value is -3.92. The van der Waals surface area contributed by atoms with Crippen molar-refractivity contribution in [2.24, 2.45) is 4.99 Å². The molecule has 182 valence electrons. The minimum absolute atomic E-state index is 0.00223. The lowest BCUT2D eigenvalue weighted by molar-refractivity contribution is -0.384. The van der Waals surface area contributed by atoms with Crippen LogP contribution >= 0.6 is 0 Å². The normalized spacial score (nSPS) is 16.8. The van der Waals surface area contributed by atoms with Gasteiger partial charge < -0.3 is 24.0 Å². The van der Waals surface area contributed by atoms with E-state index in [1.807, 2.05) is 34.9 Å². The van der Waals surface area contributed by atoms with Crippen molar-refractivity contribution in [1.82, 2.24) is 9.47 Å². The second-order valence-corrected chi connectivity index (χ2v) is 8.66. The lowest BCUT2D eigenvalue weighted by Crippen LogP contribution is -2.41. The molecular formula is C25H26N4O6. The molecular weight excluding hydrogens is 452 g/mol. The second kappa shape index (κ2) is 9.75. The van der Waals surface area contributed by atoms with Gasteiger partial charge in [0, 0.05) is 43.3 Å². The Morgan fingerprint density at radius 3 is 2.71 bits per heavy atom. The maximum Gasteiger partial charge on any atom is 0.410 e. The highest BCUT2D eigenvalue weighted by Gasteiger charge is 2.30. The van der Waals surface area contributed by atoms with Crippen molar-refractivity contribution >= 4 is 28.4 Å². The summed E-state index contributed by atoms with van der Waals surface area (Å²) >= 11 is 0. The van der Waals surface area contributed by atoms with Crippen molar-refractivity contribution in [3.8, 4) is 5.88 Å². The van der Waals surface area contributed by atoms with Crippen LogP contribution < -0.4 is 0 Å². The third kappa shape index (κ3) is 4.57. The number of non-ortho nitro benzene ring substituents is 1.